The predicted octanol–water partition coefficient (Wildman–Crippen LogP) is 4.41. The summed E-state index contributed by atoms with van der Waals surface area (Å²) in [7, 11) is 0. The lowest BCUT2D eigenvalue weighted by Crippen LogP contribution is -1.96. The van der Waals surface area contributed by atoms with E-state index in [2.05, 4.69) is 15.9 Å². The van der Waals surface area contributed by atoms with E-state index in [0.29, 0.717) is 23.2 Å². The van der Waals surface area contributed by atoms with Gasteiger partial charge >= 0.3 is 5.69 Å². The summed E-state index contributed by atoms with van der Waals surface area (Å²) in [5.74, 6) is -0.564. The molecule has 21 heavy (non-hydrogen) atoms. The predicted molar refractivity (Wildman–Crippen MR) is 77.4 cm³/mol. The number of aryl methyl sites for hydroxylation is 1. The quantitative estimate of drug-likeness (QED) is 0.463. The molecule has 2 aromatic carbocycles. The number of hydrogen-bond acceptors (Lipinski definition) is 4. The molecule has 0 aromatic heterocycles. The van der Waals surface area contributed by atoms with Crippen LogP contribution in [0.5, 0.6) is 11.5 Å². The van der Waals surface area contributed by atoms with Gasteiger partial charge in [0.05, 0.1) is 9.40 Å². The van der Waals surface area contributed by atoms with E-state index < -0.39 is 10.7 Å². The highest BCUT2D eigenvalue weighted by Gasteiger charge is 2.20. The molecule has 2 rings (SSSR count). The maximum absolute atomic E-state index is 13.5. The van der Waals surface area contributed by atoms with Crippen LogP contribution in [0.4, 0.5) is 10.1 Å². The third-order valence-corrected chi connectivity index (χ3v) is 3.36. The second-order valence-corrected chi connectivity index (χ2v) is 5.09. The molecule has 0 aliphatic carbocycles. The SMILES string of the molecule is Cc1cc(C=O)ccc1Oc1cc(F)c(Br)cc1[N+](=O)[O-]. The monoisotopic (exact) mass is 353 g/mol. The number of halogens is 2. The molecule has 0 unspecified atom stereocenters. The van der Waals surface area contributed by atoms with Gasteiger partial charge < -0.3 is 4.74 Å². The van der Waals surface area contributed by atoms with Crippen LogP contribution < -0.4 is 4.74 Å². The van der Waals surface area contributed by atoms with E-state index >= 15 is 0 Å². The summed E-state index contributed by atoms with van der Waals surface area (Å²) < 4.78 is 18.9. The van der Waals surface area contributed by atoms with Crippen molar-refractivity contribution in [2.45, 2.75) is 6.92 Å². The number of benzene rings is 2. The van der Waals surface area contributed by atoms with E-state index in [0.717, 1.165) is 12.1 Å². The van der Waals surface area contributed by atoms with E-state index in [-0.39, 0.29) is 15.9 Å². The first-order valence-electron chi connectivity index (χ1n) is 5.79. The molecule has 0 spiro atoms. The van der Waals surface area contributed by atoms with Crippen molar-refractivity contribution < 1.29 is 18.8 Å². The summed E-state index contributed by atoms with van der Waals surface area (Å²) in [6.07, 6.45) is 0.679. The van der Waals surface area contributed by atoms with E-state index in [1.807, 2.05) is 0 Å². The molecule has 0 N–H and O–H groups in total. The molecule has 0 atom stereocenters. The minimum Gasteiger partial charge on any atom is -0.450 e. The highest BCUT2D eigenvalue weighted by Crippen LogP contribution is 2.36. The number of carbonyl (C=O) groups excluding carboxylic acids is 1. The Bertz CT molecular complexity index is 733. The van der Waals surface area contributed by atoms with Gasteiger partial charge in [0.1, 0.15) is 17.9 Å². The fourth-order valence-corrected chi connectivity index (χ4v) is 2.05. The average molecular weight is 354 g/mol. The number of hydrogen-bond donors (Lipinski definition) is 0. The third kappa shape index (κ3) is 3.25. The van der Waals surface area contributed by atoms with Crippen molar-refractivity contribution >= 4 is 27.9 Å². The van der Waals surface area contributed by atoms with Crippen molar-refractivity contribution in [3.8, 4) is 11.5 Å². The summed E-state index contributed by atoms with van der Waals surface area (Å²) in [5, 5.41) is 11.0. The van der Waals surface area contributed by atoms with Crippen LogP contribution in [0.25, 0.3) is 0 Å². The van der Waals surface area contributed by atoms with Gasteiger partial charge in [-0.2, -0.15) is 0 Å². The Morgan fingerprint density at radius 3 is 2.57 bits per heavy atom. The standard InChI is InChI=1S/C14H9BrFNO4/c1-8-4-9(7-18)2-3-13(8)21-14-6-11(16)10(15)5-12(14)17(19)20/h2-7H,1H3. The van der Waals surface area contributed by atoms with E-state index in [1.165, 1.54) is 12.1 Å². The van der Waals surface area contributed by atoms with E-state index in [4.69, 9.17) is 4.74 Å². The molecule has 0 saturated heterocycles. The Morgan fingerprint density at radius 1 is 1.29 bits per heavy atom. The summed E-state index contributed by atoms with van der Waals surface area (Å²) in [6, 6.07) is 6.57. The zero-order valence-corrected chi connectivity index (χ0v) is 12.4. The smallest absolute Gasteiger partial charge is 0.312 e. The van der Waals surface area contributed by atoms with Gasteiger partial charge in [-0.1, -0.05) is 0 Å². The van der Waals surface area contributed by atoms with Crippen molar-refractivity contribution in [3.63, 3.8) is 0 Å². The lowest BCUT2D eigenvalue weighted by Gasteiger charge is -2.10. The largest absolute Gasteiger partial charge is 0.450 e. The van der Waals surface area contributed by atoms with Crippen LogP contribution in [0.1, 0.15) is 15.9 Å². The molecule has 108 valence electrons. The molecule has 2 aromatic rings. The first kappa shape index (κ1) is 15.1. The molecule has 0 bridgehead atoms. The van der Waals surface area contributed by atoms with Gasteiger partial charge in [0, 0.05) is 17.7 Å². The number of nitro benzene ring substituents is 1. The van der Waals surface area contributed by atoms with Gasteiger partial charge in [0.25, 0.3) is 0 Å². The maximum Gasteiger partial charge on any atom is 0.312 e. The number of ether oxygens (including phenoxy) is 1. The Hall–Kier alpha value is -2.28. The zero-order chi connectivity index (χ0) is 15.6. The highest BCUT2D eigenvalue weighted by molar-refractivity contribution is 9.10. The van der Waals surface area contributed by atoms with Crippen LogP contribution in [0.15, 0.2) is 34.8 Å². The highest BCUT2D eigenvalue weighted by atomic mass is 79.9. The van der Waals surface area contributed by atoms with Crippen molar-refractivity contribution in [2.24, 2.45) is 0 Å². The van der Waals surface area contributed by atoms with Crippen LogP contribution in [-0.4, -0.2) is 11.2 Å². The normalized spacial score (nSPS) is 10.2. The number of nitrogens with zero attached hydrogens (tertiary/aromatic N) is 1. The average Bonchev–Trinajstić information content (AvgIpc) is 2.44. The molecule has 0 radical (unpaired) electrons. The molecule has 0 fully saturated rings. The van der Waals surface area contributed by atoms with Crippen LogP contribution in [0, 0.1) is 22.9 Å². The molecule has 0 saturated carbocycles. The van der Waals surface area contributed by atoms with Gasteiger partial charge in [0.15, 0.2) is 0 Å². The van der Waals surface area contributed by atoms with Crippen LogP contribution in [0.3, 0.4) is 0 Å². The van der Waals surface area contributed by atoms with Gasteiger partial charge in [-0.25, -0.2) is 4.39 Å². The van der Waals surface area contributed by atoms with E-state index in [9.17, 15) is 19.3 Å². The fraction of sp³-hybridized carbons (Fsp3) is 0.0714. The van der Waals surface area contributed by atoms with Crippen LogP contribution in [0.2, 0.25) is 0 Å². The lowest BCUT2D eigenvalue weighted by atomic mass is 10.1. The molecule has 5 nitrogen and oxygen atoms in total. The Kier molecular flexibility index (Phi) is 4.32. The van der Waals surface area contributed by atoms with Crippen LogP contribution in [-0.2, 0) is 0 Å². The Balaban J connectivity index is 2.46. The van der Waals surface area contributed by atoms with Crippen LogP contribution >= 0.6 is 15.9 Å². The van der Waals surface area contributed by atoms with Crippen molar-refractivity contribution in [1.82, 2.24) is 0 Å². The molecule has 0 heterocycles. The Labute approximate surface area is 127 Å². The number of carbonyl (C=O) groups is 1. The third-order valence-electron chi connectivity index (χ3n) is 2.75. The zero-order valence-electron chi connectivity index (χ0n) is 10.8. The Morgan fingerprint density at radius 2 is 2.00 bits per heavy atom. The molecule has 7 heteroatoms. The van der Waals surface area contributed by atoms with Gasteiger partial charge in [-0.05, 0) is 46.6 Å². The summed E-state index contributed by atoms with van der Waals surface area (Å²) in [6.45, 7) is 1.68. The summed E-state index contributed by atoms with van der Waals surface area (Å²) in [4.78, 5) is 21.0. The van der Waals surface area contributed by atoms with Gasteiger partial charge in [0.2, 0.25) is 5.75 Å². The molecule has 0 aliphatic heterocycles. The first-order chi connectivity index (χ1) is 9.92. The lowest BCUT2D eigenvalue weighted by molar-refractivity contribution is -0.385. The fourth-order valence-electron chi connectivity index (χ4n) is 1.72. The number of nitro groups is 1. The maximum atomic E-state index is 13.5. The first-order valence-corrected chi connectivity index (χ1v) is 6.59. The summed E-state index contributed by atoms with van der Waals surface area (Å²) in [5.41, 5.74) is 0.704. The molecular weight excluding hydrogens is 345 g/mol. The molecule has 0 aliphatic rings. The molecular formula is C14H9BrFNO4. The summed E-state index contributed by atoms with van der Waals surface area (Å²) >= 11 is 2.89. The number of rotatable bonds is 4. The minimum atomic E-state index is -0.669. The molecule has 0 amide bonds. The second kappa shape index (κ2) is 6.01. The van der Waals surface area contributed by atoms with Gasteiger partial charge in [-0.3, -0.25) is 14.9 Å². The van der Waals surface area contributed by atoms with Crippen molar-refractivity contribution in [2.75, 3.05) is 0 Å². The minimum absolute atomic E-state index is 0.0189. The number of aldehydes is 1. The van der Waals surface area contributed by atoms with Crippen molar-refractivity contribution in [3.05, 3.63) is 61.9 Å². The van der Waals surface area contributed by atoms with Crippen molar-refractivity contribution in [1.29, 1.82) is 0 Å². The topological polar surface area (TPSA) is 69.4 Å². The van der Waals surface area contributed by atoms with Gasteiger partial charge in [-0.15, -0.1) is 0 Å². The second-order valence-electron chi connectivity index (χ2n) is 4.24. The van der Waals surface area contributed by atoms with E-state index in [1.54, 1.807) is 13.0 Å².